The molecule has 6 heteroatoms. The van der Waals surface area contributed by atoms with Gasteiger partial charge in [-0.3, -0.25) is 9.69 Å². The van der Waals surface area contributed by atoms with Gasteiger partial charge < -0.3 is 19.1 Å². The lowest BCUT2D eigenvalue weighted by Gasteiger charge is -2.40. The van der Waals surface area contributed by atoms with Crippen LogP contribution in [0.25, 0.3) is 0 Å². The van der Waals surface area contributed by atoms with Crippen molar-refractivity contribution in [1.29, 1.82) is 0 Å². The van der Waals surface area contributed by atoms with Crippen LogP contribution in [0.15, 0.2) is 103 Å². The predicted octanol–water partition coefficient (Wildman–Crippen LogP) is 5.83. The molecule has 1 heterocycles. The van der Waals surface area contributed by atoms with Crippen LogP contribution in [0.3, 0.4) is 0 Å². The smallest absolute Gasteiger partial charge is 0.253 e. The third-order valence-electron chi connectivity index (χ3n) is 7.18. The van der Waals surface area contributed by atoms with Crippen molar-refractivity contribution in [1.82, 2.24) is 9.80 Å². The van der Waals surface area contributed by atoms with Crippen molar-refractivity contribution in [2.75, 3.05) is 40.4 Å². The van der Waals surface area contributed by atoms with Crippen LogP contribution in [0.2, 0.25) is 0 Å². The minimum absolute atomic E-state index is 0.0202. The number of nitrogens with zero attached hydrogens (tertiary/aromatic N) is 2. The number of benzene rings is 4. The van der Waals surface area contributed by atoms with Crippen molar-refractivity contribution in [2.45, 2.75) is 12.6 Å². The van der Waals surface area contributed by atoms with E-state index in [9.17, 15) is 4.79 Å². The number of hydrogen-bond donors (Lipinski definition) is 0. The molecule has 0 radical (unpaired) electrons. The molecule has 0 aliphatic carbocycles. The van der Waals surface area contributed by atoms with Crippen molar-refractivity contribution < 1.29 is 19.0 Å². The maximum Gasteiger partial charge on any atom is 0.253 e. The summed E-state index contributed by atoms with van der Waals surface area (Å²) in [5, 5.41) is 0. The average molecular weight is 523 g/mol. The molecule has 1 fully saturated rings. The Morgan fingerprint density at radius 1 is 0.692 bits per heavy atom. The first-order valence-corrected chi connectivity index (χ1v) is 13.2. The van der Waals surface area contributed by atoms with Gasteiger partial charge in [-0.15, -0.1) is 0 Å². The lowest BCUT2D eigenvalue weighted by Crippen LogP contribution is -2.49. The third kappa shape index (κ3) is 6.07. The zero-order valence-electron chi connectivity index (χ0n) is 22.5. The van der Waals surface area contributed by atoms with E-state index in [-0.39, 0.29) is 18.6 Å². The highest BCUT2D eigenvalue weighted by atomic mass is 16.5. The highest BCUT2D eigenvalue weighted by Crippen LogP contribution is 2.31. The standard InChI is InChI=1S/C33H34N2O4/c1-37-29-18-17-27(23-28(29)24-39-31-16-10-9-15-30(31)38-2)33(36)35-21-19-34(20-22-35)32(25-11-5-3-6-12-25)26-13-7-4-8-14-26/h3-18,23,32H,19-22,24H2,1-2H3. The first-order valence-electron chi connectivity index (χ1n) is 13.2. The highest BCUT2D eigenvalue weighted by Gasteiger charge is 2.28. The normalized spacial score (nSPS) is 13.8. The monoisotopic (exact) mass is 522 g/mol. The summed E-state index contributed by atoms with van der Waals surface area (Å²) < 4.78 is 17.0. The van der Waals surface area contributed by atoms with Crippen LogP contribution < -0.4 is 14.2 Å². The number of rotatable bonds is 9. The van der Waals surface area contributed by atoms with Crippen molar-refractivity contribution in [3.8, 4) is 17.2 Å². The first-order chi connectivity index (χ1) is 19.2. The van der Waals surface area contributed by atoms with Gasteiger partial charge in [0.25, 0.3) is 5.91 Å². The van der Waals surface area contributed by atoms with Gasteiger partial charge in [-0.25, -0.2) is 0 Å². The van der Waals surface area contributed by atoms with E-state index in [0.29, 0.717) is 35.9 Å². The Balaban J connectivity index is 1.28. The fourth-order valence-electron chi connectivity index (χ4n) is 5.17. The molecular formula is C33H34N2O4. The zero-order chi connectivity index (χ0) is 27.0. The number of methoxy groups -OCH3 is 2. The Morgan fingerprint density at radius 3 is 1.85 bits per heavy atom. The number of piperazine rings is 1. The maximum atomic E-state index is 13.5. The molecular weight excluding hydrogens is 488 g/mol. The van der Waals surface area contributed by atoms with Gasteiger partial charge in [-0.05, 0) is 41.5 Å². The maximum absolute atomic E-state index is 13.5. The summed E-state index contributed by atoms with van der Waals surface area (Å²) in [6, 6.07) is 34.4. The van der Waals surface area contributed by atoms with Gasteiger partial charge in [-0.1, -0.05) is 72.8 Å². The fourth-order valence-corrected chi connectivity index (χ4v) is 5.17. The minimum atomic E-state index is 0.0202. The number of para-hydroxylation sites is 2. The van der Waals surface area contributed by atoms with Crippen LogP contribution in [0.1, 0.15) is 33.1 Å². The Labute approximate surface area is 230 Å². The quantitative estimate of drug-likeness (QED) is 0.277. The Hall–Kier alpha value is -4.29. The summed E-state index contributed by atoms with van der Waals surface area (Å²) in [6.07, 6.45) is 0. The van der Waals surface area contributed by atoms with Gasteiger partial charge in [0, 0.05) is 37.3 Å². The van der Waals surface area contributed by atoms with Gasteiger partial charge in [-0.2, -0.15) is 0 Å². The lowest BCUT2D eigenvalue weighted by molar-refractivity contribution is 0.0597. The Bertz CT molecular complexity index is 1330. The van der Waals surface area contributed by atoms with Crippen LogP contribution >= 0.6 is 0 Å². The van der Waals surface area contributed by atoms with Crippen LogP contribution in [0.5, 0.6) is 17.2 Å². The van der Waals surface area contributed by atoms with Gasteiger partial charge in [0.1, 0.15) is 12.4 Å². The topological polar surface area (TPSA) is 51.2 Å². The van der Waals surface area contributed by atoms with Gasteiger partial charge in [0.15, 0.2) is 11.5 Å². The van der Waals surface area contributed by atoms with E-state index >= 15 is 0 Å². The van der Waals surface area contributed by atoms with Crippen LogP contribution in [0.4, 0.5) is 0 Å². The molecule has 1 saturated heterocycles. The molecule has 0 saturated carbocycles. The number of amides is 1. The second-order valence-corrected chi connectivity index (χ2v) is 9.52. The molecule has 4 aromatic carbocycles. The van der Waals surface area contributed by atoms with Crippen LogP contribution in [-0.2, 0) is 6.61 Å². The summed E-state index contributed by atoms with van der Waals surface area (Å²) in [5.41, 5.74) is 3.96. The van der Waals surface area contributed by atoms with Crippen LogP contribution in [-0.4, -0.2) is 56.1 Å². The van der Waals surface area contributed by atoms with Crippen LogP contribution in [0, 0.1) is 0 Å². The second-order valence-electron chi connectivity index (χ2n) is 9.52. The molecule has 0 spiro atoms. The van der Waals surface area contributed by atoms with Gasteiger partial charge in [0.05, 0.1) is 20.3 Å². The molecule has 1 aliphatic rings. The van der Waals surface area contributed by atoms with E-state index in [1.165, 1.54) is 11.1 Å². The second kappa shape index (κ2) is 12.5. The van der Waals surface area contributed by atoms with E-state index in [4.69, 9.17) is 14.2 Å². The van der Waals surface area contributed by atoms with Crippen molar-refractivity contribution in [2.24, 2.45) is 0 Å². The van der Waals surface area contributed by atoms with Crippen molar-refractivity contribution in [3.05, 3.63) is 125 Å². The number of ether oxygens (including phenoxy) is 3. The molecule has 5 rings (SSSR count). The SMILES string of the molecule is COc1ccc(C(=O)N2CCN(C(c3ccccc3)c3ccccc3)CC2)cc1COc1ccccc1OC. The molecule has 1 amide bonds. The van der Waals surface area contributed by atoms with E-state index in [0.717, 1.165) is 18.7 Å². The molecule has 39 heavy (non-hydrogen) atoms. The van der Waals surface area contributed by atoms with Crippen molar-refractivity contribution >= 4 is 5.91 Å². The summed E-state index contributed by atoms with van der Waals surface area (Å²) in [6.45, 7) is 3.16. The number of carbonyl (C=O) groups is 1. The lowest BCUT2D eigenvalue weighted by atomic mass is 9.96. The molecule has 0 bridgehead atoms. The summed E-state index contributed by atoms with van der Waals surface area (Å²) >= 11 is 0. The predicted molar refractivity (Wildman–Crippen MR) is 153 cm³/mol. The molecule has 6 nitrogen and oxygen atoms in total. The van der Waals surface area contributed by atoms with E-state index in [1.807, 2.05) is 59.5 Å². The van der Waals surface area contributed by atoms with E-state index in [1.54, 1.807) is 14.2 Å². The third-order valence-corrected chi connectivity index (χ3v) is 7.18. The molecule has 0 atom stereocenters. The summed E-state index contributed by atoms with van der Waals surface area (Å²) in [7, 11) is 3.24. The Morgan fingerprint density at radius 2 is 1.26 bits per heavy atom. The number of carbonyl (C=O) groups excluding carboxylic acids is 1. The molecule has 0 aromatic heterocycles. The summed E-state index contributed by atoms with van der Waals surface area (Å²) in [4.78, 5) is 18.0. The Kier molecular flexibility index (Phi) is 8.44. The van der Waals surface area contributed by atoms with Crippen molar-refractivity contribution in [3.63, 3.8) is 0 Å². The van der Waals surface area contributed by atoms with E-state index < -0.39 is 0 Å². The van der Waals surface area contributed by atoms with E-state index in [2.05, 4.69) is 53.4 Å². The molecule has 200 valence electrons. The molecule has 4 aromatic rings. The highest BCUT2D eigenvalue weighted by molar-refractivity contribution is 5.94. The molecule has 1 aliphatic heterocycles. The number of hydrogen-bond acceptors (Lipinski definition) is 5. The largest absolute Gasteiger partial charge is 0.496 e. The average Bonchev–Trinajstić information content (AvgIpc) is 3.01. The minimum Gasteiger partial charge on any atom is -0.496 e. The molecule has 0 N–H and O–H groups in total. The van der Waals surface area contributed by atoms with Gasteiger partial charge in [0.2, 0.25) is 0 Å². The zero-order valence-corrected chi connectivity index (χ0v) is 22.5. The van der Waals surface area contributed by atoms with Gasteiger partial charge >= 0.3 is 0 Å². The fraction of sp³-hybridized carbons (Fsp3) is 0.242. The summed E-state index contributed by atoms with van der Waals surface area (Å²) in [5.74, 6) is 2.00. The first kappa shape index (κ1) is 26.3. The molecule has 0 unspecified atom stereocenters.